The average Bonchev–Trinajstić information content (AvgIpc) is 2.82. The standard InChI is InChI=1S/C15H23N3O2/c1-4-18-7-5-6-12(18)9-16-14-13(15(19)20)10(2)8-11(3)17-14/h8,12H,4-7,9H2,1-3H3,(H,16,17)(H,19,20). The number of rotatable bonds is 5. The molecule has 0 radical (unpaired) electrons. The number of carbonyl (C=O) groups is 1. The van der Waals surface area contributed by atoms with E-state index in [0.29, 0.717) is 11.9 Å². The van der Waals surface area contributed by atoms with Gasteiger partial charge in [-0.2, -0.15) is 0 Å². The summed E-state index contributed by atoms with van der Waals surface area (Å²) in [4.78, 5) is 18.2. The number of likely N-dealkylation sites (N-methyl/N-ethyl adjacent to an activating group) is 1. The zero-order chi connectivity index (χ0) is 14.7. The van der Waals surface area contributed by atoms with Crippen molar-refractivity contribution in [1.29, 1.82) is 0 Å². The van der Waals surface area contributed by atoms with Gasteiger partial charge in [0.25, 0.3) is 0 Å². The number of aromatic nitrogens is 1. The lowest BCUT2D eigenvalue weighted by molar-refractivity contribution is 0.0696. The van der Waals surface area contributed by atoms with E-state index in [9.17, 15) is 9.90 Å². The van der Waals surface area contributed by atoms with Gasteiger partial charge in [-0.15, -0.1) is 0 Å². The first-order valence-corrected chi connectivity index (χ1v) is 7.22. The van der Waals surface area contributed by atoms with Crippen molar-refractivity contribution in [2.45, 2.75) is 39.7 Å². The van der Waals surface area contributed by atoms with Crippen LogP contribution in [0.5, 0.6) is 0 Å². The summed E-state index contributed by atoms with van der Waals surface area (Å²) in [6, 6.07) is 2.28. The van der Waals surface area contributed by atoms with Crippen molar-refractivity contribution in [3.8, 4) is 0 Å². The molecule has 0 aromatic carbocycles. The molecular weight excluding hydrogens is 254 g/mol. The minimum atomic E-state index is -0.920. The first-order valence-electron chi connectivity index (χ1n) is 7.22. The fraction of sp³-hybridized carbons (Fsp3) is 0.600. The largest absolute Gasteiger partial charge is 0.478 e. The van der Waals surface area contributed by atoms with Gasteiger partial charge < -0.3 is 10.4 Å². The van der Waals surface area contributed by atoms with Crippen LogP contribution in [0.1, 0.15) is 41.4 Å². The quantitative estimate of drug-likeness (QED) is 0.864. The zero-order valence-electron chi connectivity index (χ0n) is 12.4. The van der Waals surface area contributed by atoms with E-state index >= 15 is 0 Å². The molecule has 2 heterocycles. The summed E-state index contributed by atoms with van der Waals surface area (Å²) >= 11 is 0. The summed E-state index contributed by atoms with van der Waals surface area (Å²) in [5.74, 6) is -0.422. The Labute approximate surface area is 120 Å². The van der Waals surface area contributed by atoms with E-state index in [1.165, 1.54) is 6.42 Å². The van der Waals surface area contributed by atoms with Gasteiger partial charge in [-0.25, -0.2) is 9.78 Å². The van der Waals surface area contributed by atoms with Crippen LogP contribution >= 0.6 is 0 Å². The van der Waals surface area contributed by atoms with Crippen LogP contribution in [-0.4, -0.2) is 46.6 Å². The number of carboxylic acids is 1. The van der Waals surface area contributed by atoms with Crippen LogP contribution in [0.15, 0.2) is 6.07 Å². The molecule has 20 heavy (non-hydrogen) atoms. The molecule has 2 rings (SSSR count). The highest BCUT2D eigenvalue weighted by molar-refractivity contribution is 5.94. The van der Waals surface area contributed by atoms with Crippen molar-refractivity contribution < 1.29 is 9.90 Å². The third kappa shape index (κ3) is 3.10. The SMILES string of the molecule is CCN1CCCC1CNc1nc(C)cc(C)c1C(=O)O. The monoisotopic (exact) mass is 277 g/mol. The molecule has 1 saturated heterocycles. The van der Waals surface area contributed by atoms with Crippen molar-refractivity contribution >= 4 is 11.8 Å². The molecule has 5 nitrogen and oxygen atoms in total. The Kier molecular flexibility index (Phi) is 4.60. The predicted molar refractivity (Wildman–Crippen MR) is 79.4 cm³/mol. The highest BCUT2D eigenvalue weighted by Crippen LogP contribution is 2.21. The lowest BCUT2D eigenvalue weighted by Crippen LogP contribution is -2.35. The minimum Gasteiger partial charge on any atom is -0.478 e. The number of hydrogen-bond acceptors (Lipinski definition) is 4. The summed E-state index contributed by atoms with van der Waals surface area (Å²) in [5, 5.41) is 12.6. The second-order valence-corrected chi connectivity index (χ2v) is 5.41. The molecule has 1 aromatic heterocycles. The Morgan fingerprint density at radius 2 is 2.30 bits per heavy atom. The fourth-order valence-corrected chi connectivity index (χ4v) is 2.99. The highest BCUT2D eigenvalue weighted by atomic mass is 16.4. The number of carboxylic acid groups (broad SMARTS) is 1. The number of hydrogen-bond donors (Lipinski definition) is 2. The molecule has 0 bridgehead atoms. The van der Waals surface area contributed by atoms with Crippen molar-refractivity contribution in [2.24, 2.45) is 0 Å². The summed E-state index contributed by atoms with van der Waals surface area (Å²) in [6.45, 7) is 8.79. The predicted octanol–water partition coefficient (Wildman–Crippen LogP) is 2.29. The second kappa shape index (κ2) is 6.22. The van der Waals surface area contributed by atoms with Gasteiger partial charge in [-0.05, 0) is 51.4 Å². The van der Waals surface area contributed by atoms with Crippen LogP contribution < -0.4 is 5.32 Å². The van der Waals surface area contributed by atoms with Gasteiger partial charge in [0.1, 0.15) is 11.4 Å². The maximum absolute atomic E-state index is 11.4. The van der Waals surface area contributed by atoms with E-state index in [4.69, 9.17) is 0 Å². The van der Waals surface area contributed by atoms with Gasteiger partial charge in [0.05, 0.1) is 0 Å². The van der Waals surface area contributed by atoms with Crippen LogP contribution in [0.2, 0.25) is 0 Å². The van der Waals surface area contributed by atoms with E-state index in [-0.39, 0.29) is 5.56 Å². The molecule has 110 valence electrons. The lowest BCUT2D eigenvalue weighted by atomic mass is 10.1. The van der Waals surface area contributed by atoms with Gasteiger partial charge >= 0.3 is 5.97 Å². The molecule has 1 aliphatic heterocycles. The molecule has 0 aliphatic carbocycles. The molecule has 0 saturated carbocycles. The third-order valence-electron chi connectivity index (χ3n) is 3.97. The van der Waals surface area contributed by atoms with E-state index in [0.717, 1.165) is 37.3 Å². The van der Waals surface area contributed by atoms with E-state index in [1.54, 1.807) is 0 Å². The van der Waals surface area contributed by atoms with Crippen LogP contribution in [0.4, 0.5) is 5.82 Å². The maximum atomic E-state index is 11.4. The Hall–Kier alpha value is -1.62. The molecular formula is C15H23N3O2. The zero-order valence-corrected chi connectivity index (χ0v) is 12.4. The third-order valence-corrected chi connectivity index (χ3v) is 3.97. The molecule has 5 heteroatoms. The molecule has 1 aromatic rings. The molecule has 0 amide bonds. The molecule has 2 N–H and O–H groups in total. The van der Waals surface area contributed by atoms with Gasteiger partial charge in [0, 0.05) is 18.3 Å². The van der Waals surface area contributed by atoms with Gasteiger partial charge in [-0.3, -0.25) is 4.90 Å². The fourth-order valence-electron chi connectivity index (χ4n) is 2.99. The van der Waals surface area contributed by atoms with E-state index in [2.05, 4.69) is 22.1 Å². The van der Waals surface area contributed by atoms with Gasteiger partial charge in [-0.1, -0.05) is 6.92 Å². The number of aromatic carboxylic acids is 1. The number of nitrogens with one attached hydrogen (secondary N) is 1. The molecule has 1 atom stereocenters. The first-order chi connectivity index (χ1) is 9.52. The molecule has 1 fully saturated rings. The first kappa shape index (κ1) is 14.8. The Balaban J connectivity index is 2.14. The summed E-state index contributed by atoms with van der Waals surface area (Å²) in [7, 11) is 0. The van der Waals surface area contributed by atoms with E-state index in [1.807, 2.05) is 19.9 Å². The summed E-state index contributed by atoms with van der Waals surface area (Å²) < 4.78 is 0. The topological polar surface area (TPSA) is 65.5 Å². The maximum Gasteiger partial charge on any atom is 0.339 e. The minimum absolute atomic E-state index is 0.289. The average molecular weight is 277 g/mol. The summed E-state index contributed by atoms with van der Waals surface area (Å²) in [5.41, 5.74) is 1.89. The van der Waals surface area contributed by atoms with Crippen LogP contribution in [0.3, 0.4) is 0 Å². The number of pyridine rings is 1. The number of anilines is 1. The summed E-state index contributed by atoms with van der Waals surface area (Å²) in [6.07, 6.45) is 2.38. The Morgan fingerprint density at radius 3 is 2.95 bits per heavy atom. The second-order valence-electron chi connectivity index (χ2n) is 5.41. The van der Waals surface area contributed by atoms with Gasteiger partial charge in [0.15, 0.2) is 0 Å². The van der Waals surface area contributed by atoms with Crippen LogP contribution in [0.25, 0.3) is 0 Å². The van der Waals surface area contributed by atoms with Crippen LogP contribution in [-0.2, 0) is 0 Å². The normalized spacial score (nSPS) is 19.2. The Morgan fingerprint density at radius 1 is 1.55 bits per heavy atom. The van der Waals surface area contributed by atoms with Crippen molar-refractivity contribution in [1.82, 2.24) is 9.88 Å². The number of likely N-dealkylation sites (tertiary alicyclic amines) is 1. The molecule has 0 spiro atoms. The van der Waals surface area contributed by atoms with Crippen molar-refractivity contribution in [3.63, 3.8) is 0 Å². The highest BCUT2D eigenvalue weighted by Gasteiger charge is 2.24. The Bertz CT molecular complexity index is 502. The van der Waals surface area contributed by atoms with Crippen molar-refractivity contribution in [2.75, 3.05) is 25.0 Å². The van der Waals surface area contributed by atoms with E-state index < -0.39 is 5.97 Å². The molecule has 1 unspecified atom stereocenters. The number of aryl methyl sites for hydroxylation is 2. The van der Waals surface area contributed by atoms with Gasteiger partial charge in [0.2, 0.25) is 0 Å². The van der Waals surface area contributed by atoms with Crippen molar-refractivity contribution in [3.05, 3.63) is 22.9 Å². The smallest absolute Gasteiger partial charge is 0.339 e. The lowest BCUT2D eigenvalue weighted by Gasteiger charge is -2.23. The van der Waals surface area contributed by atoms with Crippen LogP contribution in [0, 0.1) is 13.8 Å². The molecule has 1 aliphatic rings. The number of nitrogens with zero attached hydrogens (tertiary/aromatic N) is 2.